The number of aliphatic hydroxyl groups is 1. The maximum atomic E-state index is 12.5. The molecule has 0 radical (unpaired) electrons. The van der Waals surface area contributed by atoms with E-state index in [1.807, 2.05) is 13.0 Å². The Hall–Kier alpha value is -2.15. The van der Waals surface area contributed by atoms with Crippen molar-refractivity contribution in [1.29, 1.82) is 0 Å². The van der Waals surface area contributed by atoms with E-state index in [2.05, 4.69) is 20.4 Å². The predicted molar refractivity (Wildman–Crippen MR) is 70.9 cm³/mol. The molecule has 3 N–H and O–H groups in total. The second kappa shape index (κ2) is 4.75. The Labute approximate surface area is 116 Å². The largest absolute Gasteiger partial charge is 0.382 e. The average molecular weight is 275 g/mol. The van der Waals surface area contributed by atoms with Gasteiger partial charge in [0, 0.05) is 12.7 Å². The summed E-state index contributed by atoms with van der Waals surface area (Å²) in [6.45, 7) is 2.76. The maximum Gasteiger partial charge on any atom is 0.270 e. The van der Waals surface area contributed by atoms with Crippen LogP contribution in [0.2, 0.25) is 0 Å². The van der Waals surface area contributed by atoms with Crippen molar-refractivity contribution in [2.75, 3.05) is 13.1 Å². The summed E-state index contributed by atoms with van der Waals surface area (Å²) in [5.41, 5.74) is 0.847. The summed E-state index contributed by atoms with van der Waals surface area (Å²) in [6, 6.07) is 1.86. The molecule has 106 valence electrons. The van der Waals surface area contributed by atoms with Gasteiger partial charge < -0.3 is 15.0 Å². The SMILES string of the molecule is Cc1cc[nH]c1C(=O)N1CCC[C@@](O)(c2cn[nH]n2)C1. The number of aromatic nitrogens is 4. The van der Waals surface area contributed by atoms with Crippen LogP contribution in [0.25, 0.3) is 0 Å². The van der Waals surface area contributed by atoms with Gasteiger partial charge in [0.2, 0.25) is 0 Å². The number of β-amino-alcohol motifs (C(OH)–C–C–N with tert-alkyl or cyclic N) is 1. The molecular weight excluding hydrogens is 258 g/mol. The first-order valence-electron chi connectivity index (χ1n) is 6.62. The molecular formula is C13H17N5O2. The molecule has 20 heavy (non-hydrogen) atoms. The number of likely N-dealkylation sites (tertiary alicyclic amines) is 1. The highest BCUT2D eigenvalue weighted by Gasteiger charge is 2.39. The number of hydrogen-bond acceptors (Lipinski definition) is 4. The molecule has 7 nitrogen and oxygen atoms in total. The zero-order valence-electron chi connectivity index (χ0n) is 11.3. The highest BCUT2D eigenvalue weighted by atomic mass is 16.3. The first kappa shape index (κ1) is 12.9. The standard InChI is InChI=1S/C13H17N5O2/c1-9-3-5-14-11(9)12(19)18-6-2-4-13(20,8-18)10-7-15-17-16-10/h3,5,7,14,20H,2,4,6,8H2,1H3,(H,15,16,17)/t13-/m0/s1. The van der Waals surface area contributed by atoms with Crippen LogP contribution in [0.4, 0.5) is 0 Å². The molecule has 1 fully saturated rings. The van der Waals surface area contributed by atoms with Crippen LogP contribution < -0.4 is 0 Å². The lowest BCUT2D eigenvalue weighted by atomic mass is 9.90. The minimum absolute atomic E-state index is 0.0888. The molecule has 0 aromatic carbocycles. The van der Waals surface area contributed by atoms with Crippen molar-refractivity contribution in [1.82, 2.24) is 25.3 Å². The number of carbonyl (C=O) groups is 1. The molecule has 0 bridgehead atoms. The van der Waals surface area contributed by atoms with E-state index in [4.69, 9.17) is 0 Å². The van der Waals surface area contributed by atoms with Crippen molar-refractivity contribution in [3.63, 3.8) is 0 Å². The van der Waals surface area contributed by atoms with E-state index in [1.54, 1.807) is 11.1 Å². The van der Waals surface area contributed by atoms with Gasteiger partial charge in [-0.1, -0.05) is 0 Å². The Kier molecular flexibility index (Phi) is 3.06. The number of carbonyl (C=O) groups excluding carboxylic acids is 1. The molecule has 3 rings (SSSR count). The third kappa shape index (κ3) is 2.09. The van der Waals surface area contributed by atoms with Gasteiger partial charge in [-0.3, -0.25) is 4.79 Å². The van der Waals surface area contributed by atoms with E-state index >= 15 is 0 Å². The molecule has 0 aliphatic carbocycles. The first-order chi connectivity index (χ1) is 9.60. The summed E-state index contributed by atoms with van der Waals surface area (Å²) >= 11 is 0. The Morgan fingerprint density at radius 1 is 1.55 bits per heavy atom. The van der Waals surface area contributed by atoms with Crippen LogP contribution in [0.1, 0.15) is 34.6 Å². The third-order valence-electron chi connectivity index (χ3n) is 3.82. The second-order valence-electron chi connectivity index (χ2n) is 5.25. The molecule has 0 unspecified atom stereocenters. The number of aromatic amines is 2. The van der Waals surface area contributed by atoms with Gasteiger partial charge in [0.25, 0.3) is 5.91 Å². The molecule has 3 heterocycles. The lowest BCUT2D eigenvalue weighted by Gasteiger charge is -2.37. The van der Waals surface area contributed by atoms with Gasteiger partial charge in [-0.2, -0.15) is 15.4 Å². The number of H-pyrrole nitrogens is 2. The molecule has 2 aromatic rings. The summed E-state index contributed by atoms with van der Waals surface area (Å²) < 4.78 is 0. The summed E-state index contributed by atoms with van der Waals surface area (Å²) in [7, 11) is 0. The van der Waals surface area contributed by atoms with E-state index in [0.717, 1.165) is 12.0 Å². The highest BCUT2D eigenvalue weighted by molar-refractivity contribution is 5.94. The van der Waals surface area contributed by atoms with Crippen LogP contribution in [-0.4, -0.2) is 49.4 Å². The predicted octanol–water partition coefficient (Wildman–Crippen LogP) is 0.565. The summed E-state index contributed by atoms with van der Waals surface area (Å²) in [4.78, 5) is 17.1. The van der Waals surface area contributed by atoms with Crippen molar-refractivity contribution in [2.24, 2.45) is 0 Å². The van der Waals surface area contributed by atoms with Crippen LogP contribution in [-0.2, 0) is 5.60 Å². The molecule has 1 saturated heterocycles. The van der Waals surface area contributed by atoms with Gasteiger partial charge in [0.15, 0.2) is 0 Å². The van der Waals surface area contributed by atoms with E-state index in [-0.39, 0.29) is 12.5 Å². The molecule has 0 saturated carbocycles. The van der Waals surface area contributed by atoms with Gasteiger partial charge in [-0.05, 0) is 31.4 Å². The summed E-state index contributed by atoms with van der Waals surface area (Å²) in [6.07, 6.45) is 4.56. The van der Waals surface area contributed by atoms with Crippen molar-refractivity contribution < 1.29 is 9.90 Å². The number of nitrogens with zero attached hydrogens (tertiary/aromatic N) is 3. The highest BCUT2D eigenvalue weighted by Crippen LogP contribution is 2.30. The van der Waals surface area contributed by atoms with Crippen molar-refractivity contribution in [3.8, 4) is 0 Å². The van der Waals surface area contributed by atoms with E-state index < -0.39 is 5.60 Å². The first-order valence-corrected chi connectivity index (χ1v) is 6.62. The Balaban J connectivity index is 1.82. The van der Waals surface area contributed by atoms with Gasteiger partial charge in [-0.25, -0.2) is 0 Å². The topological polar surface area (TPSA) is 97.9 Å². The number of rotatable bonds is 2. The molecule has 2 aromatic heterocycles. The molecule has 1 aliphatic heterocycles. The van der Waals surface area contributed by atoms with E-state index in [1.165, 1.54) is 6.20 Å². The van der Waals surface area contributed by atoms with Crippen molar-refractivity contribution >= 4 is 5.91 Å². The number of hydrogen-bond donors (Lipinski definition) is 3. The minimum Gasteiger partial charge on any atom is -0.382 e. The van der Waals surface area contributed by atoms with E-state index in [0.29, 0.717) is 24.4 Å². The van der Waals surface area contributed by atoms with Gasteiger partial charge in [0.05, 0.1) is 12.7 Å². The van der Waals surface area contributed by atoms with Crippen molar-refractivity contribution in [3.05, 3.63) is 35.4 Å². The number of amides is 1. The van der Waals surface area contributed by atoms with Crippen LogP contribution in [0.15, 0.2) is 18.5 Å². The molecule has 1 amide bonds. The quantitative estimate of drug-likeness (QED) is 0.746. The third-order valence-corrected chi connectivity index (χ3v) is 3.82. The smallest absolute Gasteiger partial charge is 0.270 e. The number of aryl methyl sites for hydroxylation is 1. The second-order valence-corrected chi connectivity index (χ2v) is 5.25. The Bertz CT molecular complexity index is 606. The maximum absolute atomic E-state index is 12.5. The zero-order valence-corrected chi connectivity index (χ0v) is 11.3. The summed E-state index contributed by atoms with van der Waals surface area (Å²) in [5.74, 6) is -0.0888. The molecule has 1 atom stereocenters. The van der Waals surface area contributed by atoms with Gasteiger partial charge in [0.1, 0.15) is 17.0 Å². The normalized spacial score (nSPS) is 23.0. The zero-order chi connectivity index (χ0) is 14.2. The lowest BCUT2D eigenvalue weighted by molar-refractivity contribution is -0.0321. The average Bonchev–Trinajstić information content (AvgIpc) is 3.09. The lowest BCUT2D eigenvalue weighted by Crippen LogP contribution is -2.49. The van der Waals surface area contributed by atoms with Gasteiger partial charge >= 0.3 is 0 Å². The molecule has 1 aliphatic rings. The summed E-state index contributed by atoms with van der Waals surface area (Å²) in [5, 5.41) is 20.9. The fraction of sp³-hybridized carbons (Fsp3) is 0.462. The fourth-order valence-electron chi connectivity index (χ4n) is 2.68. The van der Waals surface area contributed by atoms with Gasteiger partial charge in [-0.15, -0.1) is 0 Å². The van der Waals surface area contributed by atoms with E-state index in [9.17, 15) is 9.90 Å². The van der Waals surface area contributed by atoms with Crippen LogP contribution in [0, 0.1) is 6.92 Å². The monoisotopic (exact) mass is 275 g/mol. The fourth-order valence-corrected chi connectivity index (χ4v) is 2.68. The van der Waals surface area contributed by atoms with Crippen LogP contribution in [0.3, 0.4) is 0 Å². The molecule has 0 spiro atoms. The Morgan fingerprint density at radius 3 is 3.05 bits per heavy atom. The van der Waals surface area contributed by atoms with Crippen molar-refractivity contribution in [2.45, 2.75) is 25.4 Å². The number of nitrogens with one attached hydrogen (secondary N) is 2. The van der Waals surface area contributed by atoms with Crippen LogP contribution in [0.5, 0.6) is 0 Å². The molecule has 7 heteroatoms. The number of piperidine rings is 1. The minimum atomic E-state index is -1.12. The Morgan fingerprint density at radius 2 is 2.40 bits per heavy atom. The van der Waals surface area contributed by atoms with Crippen LogP contribution >= 0.6 is 0 Å².